The molecule has 0 aromatic carbocycles. The van der Waals surface area contributed by atoms with Crippen molar-refractivity contribution in [2.24, 2.45) is 28.6 Å². The van der Waals surface area contributed by atoms with Crippen LogP contribution in [0.1, 0.15) is 71.1 Å². The van der Waals surface area contributed by atoms with Crippen LogP contribution in [0.5, 0.6) is 0 Å². The van der Waals surface area contributed by atoms with Crippen molar-refractivity contribution in [2.45, 2.75) is 81.6 Å². The highest BCUT2D eigenvalue weighted by Gasteiger charge is 2.70. The van der Waals surface area contributed by atoms with E-state index in [4.69, 9.17) is 4.74 Å². The molecular weight excluding hydrogens is 324 g/mol. The lowest BCUT2D eigenvalue weighted by Crippen LogP contribution is -2.61. The first-order chi connectivity index (χ1) is 10.1. The SMILES string of the molecule is C[C@@]12CCC[C@H]1[C@@H]1CC3OC[C@@]4(CCCCC34Br)[C@@H]1CC2. The molecule has 0 aromatic rings. The topological polar surface area (TPSA) is 9.23 Å². The van der Waals surface area contributed by atoms with Crippen LogP contribution in [-0.2, 0) is 4.74 Å². The molecule has 5 fully saturated rings. The van der Waals surface area contributed by atoms with E-state index in [0.29, 0.717) is 21.3 Å². The number of rotatable bonds is 0. The van der Waals surface area contributed by atoms with Gasteiger partial charge in [-0.15, -0.1) is 0 Å². The molecule has 0 aromatic heterocycles. The van der Waals surface area contributed by atoms with Crippen LogP contribution in [0.4, 0.5) is 0 Å². The van der Waals surface area contributed by atoms with Crippen LogP contribution in [0.3, 0.4) is 0 Å². The van der Waals surface area contributed by atoms with Crippen LogP contribution in [0.15, 0.2) is 0 Å². The van der Waals surface area contributed by atoms with Crippen molar-refractivity contribution >= 4 is 15.9 Å². The largest absolute Gasteiger partial charge is 0.376 e. The van der Waals surface area contributed by atoms with Gasteiger partial charge < -0.3 is 4.74 Å². The lowest BCUT2D eigenvalue weighted by Gasteiger charge is -2.61. The molecule has 5 aliphatic rings. The van der Waals surface area contributed by atoms with Crippen molar-refractivity contribution in [3.8, 4) is 0 Å². The van der Waals surface area contributed by atoms with Crippen molar-refractivity contribution < 1.29 is 4.74 Å². The van der Waals surface area contributed by atoms with Gasteiger partial charge in [-0.2, -0.15) is 0 Å². The van der Waals surface area contributed by atoms with E-state index in [1.54, 1.807) is 0 Å². The third kappa shape index (κ3) is 1.53. The summed E-state index contributed by atoms with van der Waals surface area (Å²) in [6.07, 6.45) is 15.0. The number of alkyl halides is 1. The predicted molar refractivity (Wildman–Crippen MR) is 88.6 cm³/mol. The molecule has 1 saturated heterocycles. The second-order valence-corrected chi connectivity index (χ2v) is 10.6. The van der Waals surface area contributed by atoms with Crippen molar-refractivity contribution in [1.29, 1.82) is 0 Å². The summed E-state index contributed by atoms with van der Waals surface area (Å²) in [7, 11) is 0. The van der Waals surface area contributed by atoms with E-state index in [0.717, 1.165) is 24.4 Å². The third-order valence-electron chi connectivity index (χ3n) is 8.71. The van der Waals surface area contributed by atoms with Gasteiger partial charge in [-0.05, 0) is 68.1 Å². The molecule has 0 spiro atoms. The molecule has 5 rings (SSSR count). The Balaban J connectivity index is 1.57. The van der Waals surface area contributed by atoms with Gasteiger partial charge in [-0.25, -0.2) is 0 Å². The number of hydrogen-bond donors (Lipinski definition) is 0. The molecule has 0 radical (unpaired) electrons. The first kappa shape index (κ1) is 13.8. The minimum absolute atomic E-state index is 0.339. The molecule has 1 nitrogen and oxygen atoms in total. The van der Waals surface area contributed by atoms with Gasteiger partial charge in [0.15, 0.2) is 0 Å². The smallest absolute Gasteiger partial charge is 0.0737 e. The molecule has 118 valence electrons. The van der Waals surface area contributed by atoms with Crippen molar-refractivity contribution in [3.63, 3.8) is 0 Å². The zero-order chi connectivity index (χ0) is 14.3. The van der Waals surface area contributed by atoms with Gasteiger partial charge in [-0.3, -0.25) is 0 Å². The van der Waals surface area contributed by atoms with E-state index < -0.39 is 0 Å². The van der Waals surface area contributed by atoms with Crippen LogP contribution in [0.25, 0.3) is 0 Å². The molecule has 7 atom stereocenters. The number of halogens is 1. The molecule has 4 aliphatic carbocycles. The summed E-state index contributed by atoms with van der Waals surface area (Å²) in [5.41, 5.74) is 1.17. The summed E-state index contributed by atoms with van der Waals surface area (Å²) in [4.78, 5) is 0. The maximum Gasteiger partial charge on any atom is 0.0737 e. The average Bonchev–Trinajstić information content (AvgIpc) is 2.94. The number of hydrogen-bond acceptors (Lipinski definition) is 1. The molecule has 2 heteroatoms. The quantitative estimate of drug-likeness (QED) is 0.536. The Morgan fingerprint density at radius 2 is 1.81 bits per heavy atom. The van der Waals surface area contributed by atoms with Crippen LogP contribution in [0, 0.1) is 28.6 Å². The van der Waals surface area contributed by atoms with E-state index in [2.05, 4.69) is 22.9 Å². The lowest BCUT2D eigenvalue weighted by molar-refractivity contribution is -0.0775. The fraction of sp³-hybridized carbons (Fsp3) is 1.00. The van der Waals surface area contributed by atoms with E-state index in [1.165, 1.54) is 64.2 Å². The standard InChI is InChI=1S/C19H29BrO/c1-17-7-4-5-14(17)13-11-16-19(20)9-3-2-8-18(19,12-21-16)15(13)6-10-17/h13-16H,2-12H2,1H3/t13-,14-,15+,16?,17-,18-,19?/m0/s1. The highest BCUT2D eigenvalue weighted by Crippen LogP contribution is 2.72. The summed E-state index contributed by atoms with van der Waals surface area (Å²) in [5, 5.41) is 0. The minimum atomic E-state index is 0.339. The Morgan fingerprint density at radius 3 is 2.71 bits per heavy atom. The van der Waals surface area contributed by atoms with Crippen molar-refractivity contribution in [1.82, 2.24) is 0 Å². The van der Waals surface area contributed by atoms with Crippen LogP contribution in [0.2, 0.25) is 0 Å². The van der Waals surface area contributed by atoms with E-state index in [1.807, 2.05) is 0 Å². The Hall–Kier alpha value is 0.440. The number of fused-ring (bicyclic) bond motifs is 3. The molecule has 4 saturated carbocycles. The van der Waals surface area contributed by atoms with Gasteiger partial charge in [0.2, 0.25) is 0 Å². The highest BCUT2D eigenvalue weighted by atomic mass is 79.9. The first-order valence-electron chi connectivity index (χ1n) is 9.40. The van der Waals surface area contributed by atoms with Gasteiger partial charge in [0.1, 0.15) is 0 Å². The Kier molecular flexibility index (Phi) is 2.83. The van der Waals surface area contributed by atoms with Crippen molar-refractivity contribution in [3.05, 3.63) is 0 Å². The van der Waals surface area contributed by atoms with Crippen LogP contribution < -0.4 is 0 Å². The van der Waals surface area contributed by atoms with E-state index >= 15 is 0 Å². The zero-order valence-electron chi connectivity index (χ0n) is 13.4. The molecular formula is C19H29BrO. The second-order valence-electron chi connectivity index (χ2n) is 9.22. The zero-order valence-corrected chi connectivity index (χ0v) is 15.0. The third-order valence-corrected chi connectivity index (χ3v) is 10.4. The van der Waals surface area contributed by atoms with Crippen LogP contribution >= 0.6 is 15.9 Å². The monoisotopic (exact) mass is 352 g/mol. The molecule has 2 unspecified atom stereocenters. The van der Waals surface area contributed by atoms with Gasteiger partial charge >= 0.3 is 0 Å². The molecule has 0 amide bonds. The lowest BCUT2D eigenvalue weighted by atomic mass is 9.45. The minimum Gasteiger partial charge on any atom is -0.376 e. The molecule has 0 N–H and O–H groups in total. The van der Waals surface area contributed by atoms with Crippen LogP contribution in [-0.4, -0.2) is 17.0 Å². The number of ether oxygens (including phenoxy) is 1. The maximum atomic E-state index is 6.44. The van der Waals surface area contributed by atoms with Gasteiger partial charge in [0, 0.05) is 5.41 Å². The average molecular weight is 353 g/mol. The Labute approximate surface area is 137 Å². The van der Waals surface area contributed by atoms with E-state index in [9.17, 15) is 0 Å². The summed E-state index contributed by atoms with van der Waals surface area (Å²) >= 11 is 4.28. The normalized spacial score (nSPS) is 62.0. The van der Waals surface area contributed by atoms with Gasteiger partial charge in [0.05, 0.1) is 17.0 Å². The molecule has 1 heterocycles. The maximum absolute atomic E-state index is 6.44. The summed E-state index contributed by atoms with van der Waals surface area (Å²) in [6, 6.07) is 0. The van der Waals surface area contributed by atoms with Gasteiger partial charge in [-0.1, -0.05) is 42.1 Å². The summed E-state index contributed by atoms with van der Waals surface area (Å²) in [5.74, 6) is 2.94. The first-order valence-corrected chi connectivity index (χ1v) is 10.2. The van der Waals surface area contributed by atoms with Gasteiger partial charge in [0.25, 0.3) is 0 Å². The highest BCUT2D eigenvalue weighted by molar-refractivity contribution is 9.10. The van der Waals surface area contributed by atoms with Crippen molar-refractivity contribution in [2.75, 3.05) is 6.61 Å². The second kappa shape index (κ2) is 4.29. The Morgan fingerprint density at radius 1 is 0.952 bits per heavy atom. The van der Waals surface area contributed by atoms with E-state index in [-0.39, 0.29) is 0 Å². The molecule has 1 aliphatic heterocycles. The molecule has 2 bridgehead atoms. The molecule has 21 heavy (non-hydrogen) atoms. The Bertz CT molecular complexity index is 460. The fourth-order valence-electron chi connectivity index (χ4n) is 7.73. The summed E-state index contributed by atoms with van der Waals surface area (Å²) < 4.78 is 6.78. The predicted octanol–water partition coefficient (Wildman–Crippen LogP) is 5.32. The fourth-order valence-corrected chi connectivity index (χ4v) is 8.94. The summed E-state index contributed by atoms with van der Waals surface area (Å²) in [6.45, 7) is 3.67.